The van der Waals surface area contributed by atoms with Crippen molar-refractivity contribution in [1.29, 1.82) is 0 Å². The third-order valence-electron chi connectivity index (χ3n) is 4.40. The molecule has 0 bridgehead atoms. The van der Waals surface area contributed by atoms with Gasteiger partial charge < -0.3 is 10.0 Å². The quantitative estimate of drug-likeness (QED) is 0.830. The molecule has 1 saturated heterocycles. The van der Waals surface area contributed by atoms with Gasteiger partial charge in [-0.3, -0.25) is 0 Å². The van der Waals surface area contributed by atoms with Crippen molar-refractivity contribution in [1.82, 2.24) is 4.90 Å². The molecule has 2 nitrogen and oxygen atoms in total. The normalized spacial score (nSPS) is 28.1. The second kappa shape index (κ2) is 5.22. The minimum atomic E-state index is 0.456. The third-order valence-corrected chi connectivity index (χ3v) is 4.40. The smallest absolute Gasteiger partial charge is 0.0928 e. The number of allylic oxidation sites excluding steroid dienone is 3. The molecule has 0 saturated carbocycles. The Morgan fingerprint density at radius 3 is 2.68 bits per heavy atom. The molecule has 0 aromatic heterocycles. The maximum absolute atomic E-state index is 9.87. The van der Waals surface area contributed by atoms with Crippen LogP contribution in [0.4, 0.5) is 0 Å². The minimum absolute atomic E-state index is 0.456. The van der Waals surface area contributed by atoms with E-state index in [0.717, 1.165) is 25.9 Å². The lowest BCUT2D eigenvalue weighted by molar-refractivity contribution is 0.296. The Labute approximate surface area is 115 Å². The average molecular weight is 255 g/mol. The maximum Gasteiger partial charge on any atom is 0.0928 e. The molecule has 3 rings (SSSR count). The molecule has 1 aliphatic carbocycles. The monoisotopic (exact) mass is 255 g/mol. The van der Waals surface area contributed by atoms with Crippen LogP contribution < -0.4 is 0 Å². The van der Waals surface area contributed by atoms with Gasteiger partial charge in [0.1, 0.15) is 0 Å². The number of likely N-dealkylation sites (N-methyl/N-ethyl adjacent to an activating group) is 1. The first-order valence-electron chi connectivity index (χ1n) is 7.06. The zero-order valence-electron chi connectivity index (χ0n) is 11.4. The fourth-order valence-electron chi connectivity index (χ4n) is 3.33. The van der Waals surface area contributed by atoms with Crippen LogP contribution in [0.1, 0.15) is 24.3 Å². The van der Waals surface area contributed by atoms with E-state index in [1.807, 2.05) is 6.08 Å². The number of hydrogen-bond acceptors (Lipinski definition) is 2. The van der Waals surface area contributed by atoms with Gasteiger partial charge in [-0.25, -0.2) is 0 Å². The third kappa shape index (κ3) is 2.59. The van der Waals surface area contributed by atoms with Gasteiger partial charge >= 0.3 is 0 Å². The van der Waals surface area contributed by atoms with Crippen molar-refractivity contribution in [2.45, 2.75) is 18.8 Å². The summed E-state index contributed by atoms with van der Waals surface area (Å²) in [6, 6.07) is 10.7. The van der Waals surface area contributed by atoms with E-state index >= 15 is 0 Å². The van der Waals surface area contributed by atoms with Crippen molar-refractivity contribution >= 4 is 0 Å². The van der Waals surface area contributed by atoms with Gasteiger partial charge in [0.25, 0.3) is 0 Å². The molecule has 1 aliphatic heterocycles. The zero-order valence-corrected chi connectivity index (χ0v) is 11.4. The summed E-state index contributed by atoms with van der Waals surface area (Å²) in [7, 11) is 2.20. The van der Waals surface area contributed by atoms with E-state index in [1.165, 1.54) is 11.1 Å². The Bertz CT molecular complexity index is 503. The summed E-state index contributed by atoms with van der Waals surface area (Å²) in [5.74, 6) is 1.47. The molecule has 1 aromatic rings. The van der Waals surface area contributed by atoms with Crippen LogP contribution in [0.5, 0.6) is 0 Å². The molecule has 1 aromatic carbocycles. The number of aliphatic hydroxyl groups excluding tert-OH is 1. The van der Waals surface area contributed by atoms with Crippen LogP contribution in [0, 0.1) is 5.92 Å². The number of nitrogens with zero attached hydrogens (tertiary/aromatic N) is 1. The van der Waals surface area contributed by atoms with Gasteiger partial charge in [-0.2, -0.15) is 0 Å². The molecule has 0 radical (unpaired) electrons. The van der Waals surface area contributed by atoms with Crippen molar-refractivity contribution in [2.24, 2.45) is 5.92 Å². The Hall–Kier alpha value is -1.54. The molecule has 1 N–H and O–H groups in total. The van der Waals surface area contributed by atoms with Crippen molar-refractivity contribution in [3.8, 4) is 0 Å². The topological polar surface area (TPSA) is 23.5 Å². The summed E-state index contributed by atoms with van der Waals surface area (Å²) in [6.45, 7) is 2.18. The predicted molar refractivity (Wildman–Crippen MR) is 78.2 cm³/mol. The van der Waals surface area contributed by atoms with Gasteiger partial charge in [0.15, 0.2) is 0 Å². The lowest BCUT2D eigenvalue weighted by atomic mass is 9.76. The summed E-state index contributed by atoms with van der Waals surface area (Å²) in [5, 5.41) is 9.87. The molecule has 1 heterocycles. The van der Waals surface area contributed by atoms with Crippen LogP contribution in [0.3, 0.4) is 0 Å². The summed E-state index contributed by atoms with van der Waals surface area (Å²) in [4.78, 5) is 2.41. The van der Waals surface area contributed by atoms with Gasteiger partial charge in [-0.1, -0.05) is 42.0 Å². The summed E-state index contributed by atoms with van der Waals surface area (Å²) in [5.41, 5.74) is 2.89. The molecule has 2 aliphatic rings. The van der Waals surface area contributed by atoms with Gasteiger partial charge in [-0.05, 0) is 31.0 Å². The maximum atomic E-state index is 9.87. The minimum Gasteiger partial charge on any atom is -0.512 e. The molecule has 2 unspecified atom stereocenters. The van der Waals surface area contributed by atoms with E-state index < -0.39 is 0 Å². The van der Waals surface area contributed by atoms with E-state index in [2.05, 4.69) is 48.4 Å². The van der Waals surface area contributed by atoms with Gasteiger partial charge in [0, 0.05) is 25.4 Å². The van der Waals surface area contributed by atoms with E-state index in [-0.39, 0.29) is 0 Å². The lowest BCUT2D eigenvalue weighted by Gasteiger charge is -2.30. The number of likely N-dealkylation sites (tertiary alicyclic amines) is 1. The summed E-state index contributed by atoms with van der Waals surface area (Å²) in [6.07, 6.45) is 5.92. The van der Waals surface area contributed by atoms with Crippen molar-refractivity contribution in [2.75, 3.05) is 20.1 Å². The van der Waals surface area contributed by atoms with Crippen LogP contribution >= 0.6 is 0 Å². The Morgan fingerprint density at radius 1 is 1.11 bits per heavy atom. The van der Waals surface area contributed by atoms with E-state index in [1.54, 1.807) is 0 Å². The van der Waals surface area contributed by atoms with Crippen molar-refractivity contribution in [3.63, 3.8) is 0 Å². The molecular weight excluding hydrogens is 234 g/mol. The highest BCUT2D eigenvalue weighted by molar-refractivity contribution is 5.31. The number of aliphatic hydroxyl groups is 1. The van der Waals surface area contributed by atoms with E-state index in [9.17, 15) is 5.11 Å². The first-order valence-corrected chi connectivity index (χ1v) is 7.06. The zero-order chi connectivity index (χ0) is 13.2. The lowest BCUT2D eigenvalue weighted by Crippen LogP contribution is -2.26. The van der Waals surface area contributed by atoms with E-state index in [4.69, 9.17) is 0 Å². The van der Waals surface area contributed by atoms with Crippen LogP contribution in [0.2, 0.25) is 0 Å². The van der Waals surface area contributed by atoms with Gasteiger partial charge in [0.2, 0.25) is 0 Å². The van der Waals surface area contributed by atoms with Gasteiger partial charge in [-0.15, -0.1) is 0 Å². The highest BCUT2D eigenvalue weighted by Gasteiger charge is 2.32. The van der Waals surface area contributed by atoms with Crippen molar-refractivity contribution in [3.05, 3.63) is 59.4 Å². The van der Waals surface area contributed by atoms with Crippen LogP contribution in [-0.4, -0.2) is 30.1 Å². The molecule has 100 valence electrons. The summed E-state index contributed by atoms with van der Waals surface area (Å²) < 4.78 is 0. The average Bonchev–Trinajstić information content (AvgIpc) is 2.59. The fraction of sp³-hybridized carbons (Fsp3) is 0.412. The summed E-state index contributed by atoms with van der Waals surface area (Å²) >= 11 is 0. The standard InChI is InChI=1S/C17H21NO/c1-18-10-9-14-7-8-15(19)11-16(14)17(12-18)13-5-3-2-4-6-13/h2-8,16-17,19H,9-12H2,1H3. The highest BCUT2D eigenvalue weighted by Crippen LogP contribution is 2.40. The Kier molecular flexibility index (Phi) is 3.43. The van der Waals surface area contributed by atoms with E-state index in [0.29, 0.717) is 17.6 Å². The molecule has 0 amide bonds. The molecule has 2 atom stereocenters. The first-order chi connectivity index (χ1) is 9.24. The highest BCUT2D eigenvalue weighted by atomic mass is 16.3. The Morgan fingerprint density at radius 2 is 1.89 bits per heavy atom. The fourth-order valence-corrected chi connectivity index (χ4v) is 3.33. The Balaban J connectivity index is 1.96. The number of benzene rings is 1. The first kappa shape index (κ1) is 12.5. The van der Waals surface area contributed by atoms with Crippen LogP contribution in [0.15, 0.2) is 53.8 Å². The van der Waals surface area contributed by atoms with Crippen molar-refractivity contribution < 1.29 is 5.11 Å². The second-order valence-electron chi connectivity index (χ2n) is 5.74. The number of hydrogen-bond donors (Lipinski definition) is 1. The largest absolute Gasteiger partial charge is 0.512 e. The van der Waals surface area contributed by atoms with Gasteiger partial charge in [0.05, 0.1) is 5.76 Å². The predicted octanol–water partition coefficient (Wildman–Crippen LogP) is 3.49. The molecular formula is C17H21NO. The molecule has 0 spiro atoms. The van der Waals surface area contributed by atoms with Crippen LogP contribution in [0.25, 0.3) is 0 Å². The molecule has 1 fully saturated rings. The second-order valence-corrected chi connectivity index (χ2v) is 5.74. The SMILES string of the molecule is CN1CCC2=CC=C(O)CC2C(c2ccccc2)C1. The molecule has 2 heteroatoms. The number of rotatable bonds is 1. The molecule has 19 heavy (non-hydrogen) atoms. The van der Waals surface area contributed by atoms with Crippen LogP contribution in [-0.2, 0) is 0 Å². The number of fused-ring (bicyclic) bond motifs is 1.